The lowest BCUT2D eigenvalue weighted by molar-refractivity contribution is 0.752. The van der Waals surface area contributed by atoms with Gasteiger partial charge in [0.2, 0.25) is 0 Å². The molecule has 3 heteroatoms. The molecule has 0 spiro atoms. The van der Waals surface area contributed by atoms with Crippen molar-refractivity contribution >= 4 is 0 Å². The lowest BCUT2D eigenvalue weighted by Gasteiger charge is -2.04. The fraction of sp³-hybridized carbons (Fsp3) is 0.500. The minimum atomic E-state index is -0.0607. The van der Waals surface area contributed by atoms with Gasteiger partial charge in [0, 0.05) is 13.2 Å². The molecule has 1 heterocycles. The highest BCUT2D eigenvalue weighted by molar-refractivity contribution is 5.01. The van der Waals surface area contributed by atoms with Gasteiger partial charge in [-0.05, 0) is 5.92 Å². The highest BCUT2D eigenvalue weighted by Gasteiger charge is 2.00. The van der Waals surface area contributed by atoms with Crippen LogP contribution in [0, 0.1) is 0 Å². The molecule has 0 saturated heterocycles. The van der Waals surface area contributed by atoms with Gasteiger partial charge in [-0.2, -0.15) is 0 Å². The summed E-state index contributed by atoms with van der Waals surface area (Å²) in [7, 11) is 1.73. The van der Waals surface area contributed by atoms with Crippen molar-refractivity contribution in [2.45, 2.75) is 19.8 Å². The van der Waals surface area contributed by atoms with Crippen LogP contribution in [0.5, 0.6) is 0 Å². The minimum absolute atomic E-state index is 0.0607. The van der Waals surface area contributed by atoms with E-state index in [2.05, 4.69) is 4.98 Å². The molecule has 0 unspecified atom stereocenters. The third-order valence-corrected chi connectivity index (χ3v) is 1.59. The summed E-state index contributed by atoms with van der Waals surface area (Å²) in [5, 5.41) is 0. The number of aromatic nitrogens is 2. The van der Waals surface area contributed by atoms with Gasteiger partial charge in [0.1, 0.15) is 0 Å². The molecule has 0 aromatic carbocycles. The largest absolute Gasteiger partial charge is 0.315 e. The van der Waals surface area contributed by atoms with Crippen LogP contribution in [0.3, 0.4) is 0 Å². The molecule has 1 aromatic heterocycles. The summed E-state index contributed by atoms with van der Waals surface area (Å²) in [5.41, 5.74) is 0.890. The van der Waals surface area contributed by atoms with Crippen LogP contribution in [-0.2, 0) is 7.05 Å². The number of hydrogen-bond acceptors (Lipinski definition) is 2. The molecule has 0 saturated carbocycles. The number of nitrogens with zero attached hydrogens (tertiary/aromatic N) is 2. The molecular weight excluding hydrogens is 140 g/mol. The lowest BCUT2D eigenvalue weighted by atomic mass is 10.1. The zero-order valence-corrected chi connectivity index (χ0v) is 7.03. The van der Waals surface area contributed by atoms with Crippen LogP contribution in [-0.4, -0.2) is 9.55 Å². The Morgan fingerprint density at radius 1 is 1.55 bits per heavy atom. The monoisotopic (exact) mass is 152 g/mol. The Hall–Kier alpha value is -1.12. The van der Waals surface area contributed by atoms with E-state index in [9.17, 15) is 4.79 Å². The molecule has 0 aliphatic heterocycles. The predicted molar refractivity (Wildman–Crippen MR) is 43.6 cm³/mol. The van der Waals surface area contributed by atoms with Gasteiger partial charge in [-0.1, -0.05) is 13.8 Å². The van der Waals surface area contributed by atoms with Crippen molar-refractivity contribution in [2.24, 2.45) is 7.05 Å². The Labute approximate surface area is 65.7 Å². The topological polar surface area (TPSA) is 34.9 Å². The standard InChI is InChI=1S/C8H12N2O/c1-6(2)7-5-10(3)8(11)4-9-7/h4-6H,1-3H3. The van der Waals surface area contributed by atoms with Gasteiger partial charge >= 0.3 is 0 Å². The van der Waals surface area contributed by atoms with Crippen LogP contribution in [0.2, 0.25) is 0 Å². The smallest absolute Gasteiger partial charge is 0.268 e. The van der Waals surface area contributed by atoms with E-state index in [1.165, 1.54) is 6.20 Å². The Morgan fingerprint density at radius 2 is 2.18 bits per heavy atom. The van der Waals surface area contributed by atoms with Gasteiger partial charge in [0.15, 0.2) is 0 Å². The van der Waals surface area contributed by atoms with E-state index in [1.807, 2.05) is 13.8 Å². The molecule has 1 rings (SSSR count). The second-order valence-corrected chi connectivity index (χ2v) is 2.92. The van der Waals surface area contributed by atoms with Gasteiger partial charge in [0.25, 0.3) is 5.56 Å². The molecule has 0 fully saturated rings. The van der Waals surface area contributed by atoms with Crippen molar-refractivity contribution in [1.82, 2.24) is 9.55 Å². The van der Waals surface area contributed by atoms with Crippen LogP contribution < -0.4 is 5.56 Å². The molecule has 0 radical (unpaired) electrons. The molecule has 0 aliphatic rings. The van der Waals surface area contributed by atoms with Crippen LogP contribution in [0.15, 0.2) is 17.2 Å². The molecule has 0 N–H and O–H groups in total. The van der Waals surface area contributed by atoms with Crippen LogP contribution >= 0.6 is 0 Å². The van der Waals surface area contributed by atoms with E-state index in [-0.39, 0.29) is 5.56 Å². The minimum Gasteiger partial charge on any atom is -0.315 e. The summed E-state index contributed by atoms with van der Waals surface area (Å²) in [5.74, 6) is 0.377. The lowest BCUT2D eigenvalue weighted by Crippen LogP contribution is -2.17. The van der Waals surface area contributed by atoms with Crippen molar-refractivity contribution in [2.75, 3.05) is 0 Å². The molecule has 0 atom stereocenters. The van der Waals surface area contributed by atoms with E-state index in [0.717, 1.165) is 5.69 Å². The van der Waals surface area contributed by atoms with Crippen LogP contribution in [0.4, 0.5) is 0 Å². The molecule has 11 heavy (non-hydrogen) atoms. The summed E-state index contributed by atoms with van der Waals surface area (Å²) >= 11 is 0. The Kier molecular flexibility index (Phi) is 2.08. The van der Waals surface area contributed by atoms with Crippen molar-refractivity contribution in [3.63, 3.8) is 0 Å². The first-order valence-electron chi connectivity index (χ1n) is 3.64. The van der Waals surface area contributed by atoms with Gasteiger partial charge in [-0.25, -0.2) is 0 Å². The molecule has 3 nitrogen and oxygen atoms in total. The summed E-state index contributed by atoms with van der Waals surface area (Å²) in [6.45, 7) is 4.10. The Morgan fingerprint density at radius 3 is 2.64 bits per heavy atom. The Balaban J connectivity index is 3.15. The molecule has 0 bridgehead atoms. The quantitative estimate of drug-likeness (QED) is 0.599. The summed E-state index contributed by atoms with van der Waals surface area (Å²) in [4.78, 5) is 14.9. The fourth-order valence-corrected chi connectivity index (χ4v) is 0.814. The highest BCUT2D eigenvalue weighted by Crippen LogP contribution is 2.07. The average molecular weight is 152 g/mol. The molecular formula is C8H12N2O. The van der Waals surface area contributed by atoms with E-state index in [4.69, 9.17) is 0 Å². The molecule has 1 aromatic rings. The van der Waals surface area contributed by atoms with E-state index < -0.39 is 0 Å². The van der Waals surface area contributed by atoms with Crippen LogP contribution in [0.25, 0.3) is 0 Å². The fourth-order valence-electron chi connectivity index (χ4n) is 0.814. The van der Waals surface area contributed by atoms with Crippen molar-refractivity contribution in [3.8, 4) is 0 Å². The maximum Gasteiger partial charge on any atom is 0.268 e. The molecule has 0 amide bonds. The number of aryl methyl sites for hydroxylation is 1. The zero-order chi connectivity index (χ0) is 8.43. The predicted octanol–water partition coefficient (Wildman–Crippen LogP) is 0.904. The second-order valence-electron chi connectivity index (χ2n) is 2.92. The van der Waals surface area contributed by atoms with E-state index in [0.29, 0.717) is 5.92 Å². The van der Waals surface area contributed by atoms with E-state index >= 15 is 0 Å². The van der Waals surface area contributed by atoms with E-state index in [1.54, 1.807) is 17.8 Å². The van der Waals surface area contributed by atoms with Gasteiger partial charge < -0.3 is 4.57 Å². The second kappa shape index (κ2) is 2.86. The summed E-state index contributed by atoms with van der Waals surface area (Å²) < 4.78 is 1.54. The maximum absolute atomic E-state index is 10.9. The van der Waals surface area contributed by atoms with Crippen molar-refractivity contribution < 1.29 is 0 Å². The highest BCUT2D eigenvalue weighted by atomic mass is 16.1. The third-order valence-electron chi connectivity index (χ3n) is 1.59. The average Bonchev–Trinajstić information content (AvgIpc) is 1.94. The molecule has 0 aliphatic carbocycles. The maximum atomic E-state index is 10.9. The SMILES string of the molecule is CC(C)c1cn(C)c(=O)cn1. The van der Waals surface area contributed by atoms with Gasteiger partial charge in [-0.3, -0.25) is 9.78 Å². The Bertz CT molecular complexity index is 301. The first-order valence-corrected chi connectivity index (χ1v) is 3.64. The zero-order valence-electron chi connectivity index (χ0n) is 7.03. The van der Waals surface area contributed by atoms with Crippen molar-refractivity contribution in [1.29, 1.82) is 0 Å². The van der Waals surface area contributed by atoms with Gasteiger partial charge in [-0.15, -0.1) is 0 Å². The van der Waals surface area contributed by atoms with Crippen molar-refractivity contribution in [3.05, 3.63) is 28.4 Å². The first kappa shape index (κ1) is 7.98. The number of hydrogen-bond donors (Lipinski definition) is 0. The number of rotatable bonds is 1. The van der Waals surface area contributed by atoms with Gasteiger partial charge in [0.05, 0.1) is 11.9 Å². The summed E-state index contributed by atoms with van der Waals surface area (Å²) in [6, 6.07) is 0. The third kappa shape index (κ3) is 1.67. The normalized spacial score (nSPS) is 10.5. The van der Waals surface area contributed by atoms with Crippen LogP contribution in [0.1, 0.15) is 25.5 Å². The summed E-state index contributed by atoms with van der Waals surface area (Å²) in [6.07, 6.45) is 3.13. The first-order chi connectivity index (χ1) is 5.11. The molecule has 60 valence electrons.